The third-order valence-corrected chi connectivity index (χ3v) is 2.16. The van der Waals surface area contributed by atoms with Crippen molar-refractivity contribution >= 4 is 17.0 Å². The van der Waals surface area contributed by atoms with E-state index in [1.165, 1.54) is 7.11 Å². The lowest BCUT2D eigenvalue weighted by atomic mass is 10.3. The number of para-hydroxylation sites is 2. The molecule has 0 fully saturated rings. The summed E-state index contributed by atoms with van der Waals surface area (Å²) in [6.45, 7) is 0. The van der Waals surface area contributed by atoms with E-state index in [0.717, 1.165) is 11.0 Å². The van der Waals surface area contributed by atoms with Gasteiger partial charge in [-0.1, -0.05) is 12.1 Å². The van der Waals surface area contributed by atoms with E-state index in [9.17, 15) is 4.79 Å². The molecule has 1 heterocycles. The Bertz CT molecular complexity index is 488. The summed E-state index contributed by atoms with van der Waals surface area (Å²) in [6, 6.07) is 7.57. The van der Waals surface area contributed by atoms with Gasteiger partial charge in [0.2, 0.25) is 5.82 Å². The predicted molar refractivity (Wildman–Crippen MR) is 52.1 cm³/mol. The lowest BCUT2D eigenvalue weighted by molar-refractivity contribution is 0.0583. The van der Waals surface area contributed by atoms with Crippen LogP contribution in [0.1, 0.15) is 10.6 Å². The number of ether oxygens (including phenoxy) is 1. The maximum atomic E-state index is 11.3. The standard InChI is InChI=1S/C10H10N2O2/c1-12-8-6-4-3-5-7(8)11-9(12)10(13)14-2/h3-6H,1-2H3. The Morgan fingerprint density at radius 2 is 2.14 bits per heavy atom. The molecule has 14 heavy (non-hydrogen) atoms. The number of fused-ring (bicyclic) bond motifs is 1. The topological polar surface area (TPSA) is 44.1 Å². The number of hydrogen-bond donors (Lipinski definition) is 0. The summed E-state index contributed by atoms with van der Waals surface area (Å²) >= 11 is 0. The second-order valence-electron chi connectivity index (χ2n) is 2.97. The van der Waals surface area contributed by atoms with E-state index in [4.69, 9.17) is 0 Å². The monoisotopic (exact) mass is 190 g/mol. The second-order valence-corrected chi connectivity index (χ2v) is 2.97. The van der Waals surface area contributed by atoms with E-state index in [0.29, 0.717) is 5.82 Å². The van der Waals surface area contributed by atoms with Gasteiger partial charge in [0.1, 0.15) is 0 Å². The van der Waals surface area contributed by atoms with Crippen LogP contribution in [0.25, 0.3) is 11.0 Å². The van der Waals surface area contributed by atoms with E-state index in [1.54, 1.807) is 11.6 Å². The molecule has 0 bridgehead atoms. The molecule has 0 spiro atoms. The highest BCUT2D eigenvalue weighted by Crippen LogP contribution is 2.14. The highest BCUT2D eigenvalue weighted by molar-refractivity contribution is 5.90. The van der Waals surface area contributed by atoms with Crippen molar-refractivity contribution in [1.82, 2.24) is 9.55 Å². The fourth-order valence-corrected chi connectivity index (χ4v) is 1.42. The minimum absolute atomic E-state index is 0.328. The molecule has 72 valence electrons. The van der Waals surface area contributed by atoms with Crippen molar-refractivity contribution in [2.45, 2.75) is 0 Å². The normalized spacial score (nSPS) is 10.4. The molecule has 1 aromatic heterocycles. The van der Waals surface area contributed by atoms with Gasteiger partial charge in [0.25, 0.3) is 0 Å². The van der Waals surface area contributed by atoms with Crippen LogP contribution in [0.3, 0.4) is 0 Å². The average Bonchev–Trinajstić information content (AvgIpc) is 2.56. The fraction of sp³-hybridized carbons (Fsp3) is 0.200. The number of carbonyl (C=O) groups excluding carboxylic acids is 1. The Hall–Kier alpha value is -1.84. The number of aromatic nitrogens is 2. The third kappa shape index (κ3) is 1.16. The van der Waals surface area contributed by atoms with Gasteiger partial charge in [-0.15, -0.1) is 0 Å². The van der Waals surface area contributed by atoms with Crippen LogP contribution in [0.5, 0.6) is 0 Å². The predicted octanol–water partition coefficient (Wildman–Crippen LogP) is 1.36. The van der Waals surface area contributed by atoms with Crippen LogP contribution in [0.2, 0.25) is 0 Å². The largest absolute Gasteiger partial charge is 0.463 e. The maximum absolute atomic E-state index is 11.3. The molecule has 0 aliphatic carbocycles. The van der Waals surface area contributed by atoms with Crippen molar-refractivity contribution in [2.75, 3.05) is 7.11 Å². The van der Waals surface area contributed by atoms with Gasteiger partial charge in [-0.2, -0.15) is 0 Å². The second kappa shape index (κ2) is 3.14. The lowest BCUT2D eigenvalue weighted by Crippen LogP contribution is -2.08. The van der Waals surface area contributed by atoms with Crippen molar-refractivity contribution in [2.24, 2.45) is 7.05 Å². The molecule has 0 amide bonds. The molecule has 2 rings (SSSR count). The van der Waals surface area contributed by atoms with Crippen LogP contribution in [-0.4, -0.2) is 22.6 Å². The number of carbonyl (C=O) groups is 1. The number of esters is 1. The van der Waals surface area contributed by atoms with Crippen molar-refractivity contribution in [3.63, 3.8) is 0 Å². The zero-order valence-corrected chi connectivity index (χ0v) is 8.02. The van der Waals surface area contributed by atoms with Gasteiger partial charge in [-0.3, -0.25) is 0 Å². The van der Waals surface area contributed by atoms with Gasteiger partial charge in [-0.25, -0.2) is 9.78 Å². The molecule has 0 atom stereocenters. The van der Waals surface area contributed by atoms with Crippen molar-refractivity contribution < 1.29 is 9.53 Å². The molecule has 4 heteroatoms. The van der Waals surface area contributed by atoms with Gasteiger partial charge in [0, 0.05) is 7.05 Å². The first-order valence-electron chi connectivity index (χ1n) is 4.24. The van der Waals surface area contributed by atoms with Crippen LogP contribution in [0, 0.1) is 0 Å². The van der Waals surface area contributed by atoms with E-state index in [-0.39, 0.29) is 0 Å². The number of imidazole rings is 1. The minimum atomic E-state index is -0.413. The summed E-state index contributed by atoms with van der Waals surface area (Å²) in [5.74, 6) is -0.0857. The first kappa shape index (κ1) is 8.74. The van der Waals surface area contributed by atoms with E-state index in [2.05, 4.69) is 9.72 Å². The van der Waals surface area contributed by atoms with Gasteiger partial charge in [0.05, 0.1) is 18.1 Å². The molecule has 1 aromatic carbocycles. The zero-order chi connectivity index (χ0) is 10.1. The molecule has 4 nitrogen and oxygen atoms in total. The number of benzene rings is 1. The number of methoxy groups -OCH3 is 1. The minimum Gasteiger partial charge on any atom is -0.463 e. The lowest BCUT2D eigenvalue weighted by Gasteiger charge is -1.98. The van der Waals surface area contributed by atoms with Crippen molar-refractivity contribution in [3.05, 3.63) is 30.1 Å². The van der Waals surface area contributed by atoms with Gasteiger partial charge in [-0.05, 0) is 12.1 Å². The Kier molecular flexibility index (Phi) is 1.96. The SMILES string of the molecule is COC(=O)c1nc2ccccc2n1C. The molecule has 0 saturated carbocycles. The molecule has 0 aliphatic rings. The third-order valence-electron chi connectivity index (χ3n) is 2.16. The average molecular weight is 190 g/mol. The summed E-state index contributed by atoms with van der Waals surface area (Å²) in [5, 5.41) is 0. The first-order valence-corrected chi connectivity index (χ1v) is 4.24. The summed E-state index contributed by atoms with van der Waals surface area (Å²) in [7, 11) is 3.14. The van der Waals surface area contributed by atoms with E-state index >= 15 is 0 Å². The Balaban J connectivity index is 2.68. The molecule has 0 radical (unpaired) electrons. The molecule has 2 aromatic rings. The van der Waals surface area contributed by atoms with Crippen LogP contribution in [0.15, 0.2) is 24.3 Å². The van der Waals surface area contributed by atoms with E-state index in [1.807, 2.05) is 24.3 Å². The zero-order valence-electron chi connectivity index (χ0n) is 8.02. The molecule has 0 N–H and O–H groups in total. The number of nitrogens with zero attached hydrogens (tertiary/aromatic N) is 2. The van der Waals surface area contributed by atoms with Crippen LogP contribution < -0.4 is 0 Å². The highest BCUT2D eigenvalue weighted by atomic mass is 16.5. The molecular weight excluding hydrogens is 180 g/mol. The number of rotatable bonds is 1. The molecule has 0 saturated heterocycles. The smallest absolute Gasteiger partial charge is 0.374 e. The Morgan fingerprint density at radius 1 is 1.43 bits per heavy atom. The molecule has 0 aliphatic heterocycles. The van der Waals surface area contributed by atoms with Crippen LogP contribution in [-0.2, 0) is 11.8 Å². The molecular formula is C10H10N2O2. The maximum Gasteiger partial charge on any atom is 0.374 e. The van der Waals surface area contributed by atoms with Crippen molar-refractivity contribution in [3.8, 4) is 0 Å². The van der Waals surface area contributed by atoms with Crippen molar-refractivity contribution in [1.29, 1.82) is 0 Å². The number of hydrogen-bond acceptors (Lipinski definition) is 3. The fourth-order valence-electron chi connectivity index (χ4n) is 1.42. The summed E-state index contributed by atoms with van der Waals surface area (Å²) in [5.41, 5.74) is 1.73. The van der Waals surface area contributed by atoms with Gasteiger partial charge < -0.3 is 9.30 Å². The van der Waals surface area contributed by atoms with E-state index < -0.39 is 5.97 Å². The van der Waals surface area contributed by atoms with Gasteiger partial charge in [0.15, 0.2) is 0 Å². The summed E-state index contributed by atoms with van der Waals surface area (Å²) < 4.78 is 6.35. The summed E-state index contributed by atoms with van der Waals surface area (Å²) in [4.78, 5) is 15.5. The Labute approximate surface area is 81.1 Å². The first-order chi connectivity index (χ1) is 6.74. The van der Waals surface area contributed by atoms with Crippen LogP contribution in [0.4, 0.5) is 0 Å². The summed E-state index contributed by atoms with van der Waals surface area (Å²) in [6.07, 6.45) is 0. The van der Waals surface area contributed by atoms with Crippen LogP contribution >= 0.6 is 0 Å². The Morgan fingerprint density at radius 3 is 2.79 bits per heavy atom. The number of aryl methyl sites for hydroxylation is 1. The quantitative estimate of drug-likeness (QED) is 0.638. The molecule has 0 unspecified atom stereocenters. The highest BCUT2D eigenvalue weighted by Gasteiger charge is 2.14. The van der Waals surface area contributed by atoms with Gasteiger partial charge >= 0.3 is 5.97 Å².